The Labute approximate surface area is 89.4 Å². The summed E-state index contributed by atoms with van der Waals surface area (Å²) in [6.45, 7) is 1.98. The molecule has 0 aromatic carbocycles. The van der Waals surface area contributed by atoms with E-state index in [2.05, 4.69) is 14.7 Å². The van der Waals surface area contributed by atoms with Crippen molar-refractivity contribution in [2.45, 2.75) is 25.5 Å². The van der Waals surface area contributed by atoms with Gasteiger partial charge in [0.05, 0.1) is 12.2 Å². The van der Waals surface area contributed by atoms with Gasteiger partial charge in [0.2, 0.25) is 11.7 Å². The van der Waals surface area contributed by atoms with Gasteiger partial charge in [0.15, 0.2) is 5.82 Å². The van der Waals surface area contributed by atoms with Crippen LogP contribution in [0.15, 0.2) is 4.52 Å². The Kier molecular flexibility index (Phi) is 4.67. The fourth-order valence-electron chi connectivity index (χ4n) is 0.840. The molecule has 0 amide bonds. The molecule has 0 atom stereocenters. The first-order valence-corrected chi connectivity index (χ1v) is 5.49. The average molecular weight is 236 g/mol. The predicted octanol–water partition coefficient (Wildman–Crippen LogP) is 1.70. The van der Waals surface area contributed by atoms with E-state index < -0.39 is 18.6 Å². The van der Waals surface area contributed by atoms with Crippen LogP contribution in [0.3, 0.4) is 0 Å². The minimum atomic E-state index is -2.98. The molecule has 0 aliphatic carbocycles. The van der Waals surface area contributed by atoms with Crippen LogP contribution < -0.4 is 0 Å². The molecule has 1 rings (SSSR count). The summed E-state index contributed by atoms with van der Waals surface area (Å²) in [7, 11) is 0. The van der Waals surface area contributed by atoms with Crippen LogP contribution in [0.1, 0.15) is 18.6 Å². The average Bonchev–Trinajstić information content (AvgIpc) is 2.62. The number of carbonyl (C=O) groups excluding carboxylic acids is 1. The van der Waals surface area contributed by atoms with Crippen molar-refractivity contribution in [3.63, 3.8) is 0 Å². The summed E-state index contributed by atoms with van der Waals surface area (Å²) in [5.41, 5.74) is 0. The van der Waals surface area contributed by atoms with E-state index in [1.165, 1.54) is 0 Å². The highest BCUT2D eigenvalue weighted by Crippen LogP contribution is 2.09. The Morgan fingerprint density at radius 2 is 2.33 bits per heavy atom. The van der Waals surface area contributed by atoms with Crippen molar-refractivity contribution in [2.24, 2.45) is 0 Å². The van der Waals surface area contributed by atoms with Crippen LogP contribution in [0.5, 0.6) is 0 Å². The van der Waals surface area contributed by atoms with Crippen LogP contribution in [0.25, 0.3) is 0 Å². The minimum absolute atomic E-state index is 0.0491. The quantitative estimate of drug-likeness (QED) is 0.752. The molecule has 7 heteroatoms. The Morgan fingerprint density at radius 3 is 2.93 bits per heavy atom. The van der Waals surface area contributed by atoms with E-state index in [4.69, 9.17) is 0 Å². The van der Waals surface area contributed by atoms with Crippen LogP contribution in [0.4, 0.5) is 8.78 Å². The van der Waals surface area contributed by atoms with E-state index >= 15 is 0 Å². The number of nitrogens with zero attached hydrogens (tertiary/aromatic N) is 2. The molecule has 1 aromatic heterocycles. The summed E-state index contributed by atoms with van der Waals surface area (Å²) in [5.74, 6) is 0.641. The molecular weight excluding hydrogens is 226 g/mol. The zero-order chi connectivity index (χ0) is 11.3. The van der Waals surface area contributed by atoms with Gasteiger partial charge in [-0.25, -0.2) is 8.78 Å². The predicted molar refractivity (Wildman–Crippen MR) is 50.8 cm³/mol. The second kappa shape index (κ2) is 5.79. The normalized spacial score (nSPS) is 10.9. The maximum Gasteiger partial charge on any atom is 0.296 e. The Hall–Kier alpha value is -0.980. The molecule has 0 aliphatic rings. The molecule has 0 aliphatic heterocycles. The molecule has 1 heterocycles. The fraction of sp³-hybridized carbons (Fsp3) is 0.625. The van der Waals surface area contributed by atoms with Crippen molar-refractivity contribution in [1.82, 2.24) is 10.1 Å². The number of ketones is 1. The lowest BCUT2D eigenvalue weighted by Gasteiger charge is -1.92. The molecule has 0 N–H and O–H groups in total. The first-order valence-electron chi connectivity index (χ1n) is 4.33. The van der Waals surface area contributed by atoms with E-state index in [-0.39, 0.29) is 5.89 Å². The summed E-state index contributed by atoms with van der Waals surface area (Å²) < 4.78 is 28.4. The molecule has 0 saturated heterocycles. The van der Waals surface area contributed by atoms with E-state index in [0.29, 0.717) is 11.6 Å². The number of thioether (sulfide) groups is 1. The number of hydrogen-bond donors (Lipinski definition) is 0. The maximum absolute atomic E-state index is 11.9. The van der Waals surface area contributed by atoms with Crippen LogP contribution in [-0.2, 0) is 17.0 Å². The maximum atomic E-state index is 11.9. The molecular formula is C8H10F2N2O2S. The van der Waals surface area contributed by atoms with Crippen molar-refractivity contribution in [1.29, 1.82) is 0 Å². The SMILES string of the molecule is CCSCc1noc(CC(=O)C(F)F)n1. The van der Waals surface area contributed by atoms with Gasteiger partial charge < -0.3 is 4.52 Å². The van der Waals surface area contributed by atoms with E-state index in [1.54, 1.807) is 11.8 Å². The molecule has 0 fully saturated rings. The summed E-state index contributed by atoms with van der Waals surface area (Å²) in [5, 5.41) is 3.56. The Balaban J connectivity index is 2.49. The highest BCUT2D eigenvalue weighted by molar-refractivity contribution is 7.98. The summed E-state index contributed by atoms with van der Waals surface area (Å²) in [6, 6.07) is 0. The summed E-state index contributed by atoms with van der Waals surface area (Å²) in [4.78, 5) is 14.5. The van der Waals surface area contributed by atoms with Gasteiger partial charge in [-0.3, -0.25) is 4.79 Å². The number of carbonyl (C=O) groups is 1. The Bertz CT molecular complexity index is 330. The lowest BCUT2D eigenvalue weighted by Crippen LogP contribution is -2.12. The van der Waals surface area contributed by atoms with Crippen LogP contribution >= 0.6 is 11.8 Å². The zero-order valence-electron chi connectivity index (χ0n) is 8.07. The third kappa shape index (κ3) is 3.94. The van der Waals surface area contributed by atoms with Crippen molar-refractivity contribution < 1.29 is 18.1 Å². The van der Waals surface area contributed by atoms with E-state index in [9.17, 15) is 13.6 Å². The first-order chi connectivity index (χ1) is 7.13. The minimum Gasteiger partial charge on any atom is -0.339 e. The third-order valence-corrected chi connectivity index (χ3v) is 2.38. The third-order valence-electron chi connectivity index (χ3n) is 1.51. The first kappa shape index (κ1) is 12.1. The standard InChI is InChI=1S/C8H10F2N2O2S/c1-2-15-4-6-11-7(14-12-6)3-5(13)8(9)10/h8H,2-4H2,1H3. The van der Waals surface area contributed by atoms with Gasteiger partial charge in [-0.15, -0.1) is 0 Å². The lowest BCUT2D eigenvalue weighted by molar-refractivity contribution is -0.129. The smallest absolute Gasteiger partial charge is 0.296 e. The number of alkyl halides is 2. The van der Waals surface area contributed by atoms with E-state index in [0.717, 1.165) is 5.75 Å². The van der Waals surface area contributed by atoms with Crippen molar-refractivity contribution in [3.05, 3.63) is 11.7 Å². The monoisotopic (exact) mass is 236 g/mol. The topological polar surface area (TPSA) is 56.0 Å². The van der Waals surface area contributed by atoms with Crippen molar-refractivity contribution in [2.75, 3.05) is 5.75 Å². The highest BCUT2D eigenvalue weighted by Gasteiger charge is 2.19. The molecule has 1 aromatic rings. The van der Waals surface area contributed by atoms with E-state index in [1.807, 2.05) is 6.92 Å². The van der Waals surface area contributed by atoms with Gasteiger partial charge in [-0.2, -0.15) is 16.7 Å². The molecule has 0 saturated carbocycles. The van der Waals surface area contributed by atoms with Crippen LogP contribution in [-0.4, -0.2) is 28.1 Å². The zero-order valence-corrected chi connectivity index (χ0v) is 8.89. The summed E-state index contributed by atoms with van der Waals surface area (Å²) in [6.07, 6.45) is -3.48. The van der Waals surface area contributed by atoms with Gasteiger partial charge in [0, 0.05) is 0 Å². The second-order valence-corrected chi connectivity index (χ2v) is 3.96. The number of hydrogen-bond acceptors (Lipinski definition) is 5. The van der Waals surface area contributed by atoms with Gasteiger partial charge in [-0.1, -0.05) is 12.1 Å². The molecule has 15 heavy (non-hydrogen) atoms. The molecule has 0 spiro atoms. The summed E-state index contributed by atoms with van der Waals surface area (Å²) >= 11 is 1.58. The number of rotatable bonds is 6. The van der Waals surface area contributed by atoms with Gasteiger partial charge in [-0.05, 0) is 5.75 Å². The van der Waals surface area contributed by atoms with Gasteiger partial charge in [0.25, 0.3) is 6.43 Å². The van der Waals surface area contributed by atoms with Crippen molar-refractivity contribution in [3.8, 4) is 0 Å². The molecule has 84 valence electrons. The number of halogens is 2. The highest BCUT2D eigenvalue weighted by atomic mass is 32.2. The molecule has 4 nitrogen and oxygen atoms in total. The molecule has 0 bridgehead atoms. The molecule has 0 unspecified atom stereocenters. The second-order valence-electron chi connectivity index (χ2n) is 2.69. The Morgan fingerprint density at radius 1 is 1.60 bits per heavy atom. The number of Topliss-reactive ketones (excluding diaryl/α,β-unsaturated/α-hetero) is 1. The number of aromatic nitrogens is 2. The van der Waals surface area contributed by atoms with Gasteiger partial charge >= 0.3 is 0 Å². The molecule has 0 radical (unpaired) electrons. The van der Waals surface area contributed by atoms with Crippen molar-refractivity contribution >= 4 is 17.5 Å². The van der Waals surface area contributed by atoms with Gasteiger partial charge in [0.1, 0.15) is 0 Å². The largest absolute Gasteiger partial charge is 0.339 e. The van der Waals surface area contributed by atoms with Crippen LogP contribution in [0.2, 0.25) is 0 Å². The fourth-order valence-corrected chi connectivity index (χ4v) is 1.34. The lowest BCUT2D eigenvalue weighted by atomic mass is 10.3. The van der Waals surface area contributed by atoms with Crippen LogP contribution in [0, 0.1) is 0 Å².